The van der Waals surface area contributed by atoms with Crippen molar-refractivity contribution in [2.24, 2.45) is 0 Å². The van der Waals surface area contributed by atoms with E-state index in [0.29, 0.717) is 11.1 Å². The minimum Gasteiger partial charge on any atom is -0.335 e. The molecule has 3 aromatic carbocycles. The van der Waals surface area contributed by atoms with Gasteiger partial charge >= 0.3 is 0 Å². The number of amides is 1. The quantitative estimate of drug-likeness (QED) is 0.453. The number of para-hydroxylation sites is 1. The zero-order chi connectivity index (χ0) is 21.4. The Morgan fingerprint density at radius 3 is 2.33 bits per heavy atom. The molecular formula is C24H21F2N3O. The Kier molecular flexibility index (Phi) is 5.08. The molecule has 0 radical (unpaired) electrons. The van der Waals surface area contributed by atoms with Crippen LogP contribution in [0.3, 0.4) is 0 Å². The Hall–Kier alpha value is -3.54. The maximum absolute atomic E-state index is 14.2. The van der Waals surface area contributed by atoms with Crippen LogP contribution in [-0.2, 0) is 0 Å². The molecule has 152 valence electrons. The topological polar surface area (TPSA) is 38.1 Å². The van der Waals surface area contributed by atoms with E-state index < -0.39 is 17.7 Å². The number of fused-ring (bicyclic) bond motifs is 1. The van der Waals surface area contributed by atoms with Crippen LogP contribution in [0.5, 0.6) is 0 Å². The van der Waals surface area contributed by atoms with Gasteiger partial charge in [-0.15, -0.1) is 0 Å². The van der Waals surface area contributed by atoms with Crippen molar-refractivity contribution in [3.05, 3.63) is 95.3 Å². The molecule has 0 spiro atoms. The average Bonchev–Trinajstić information content (AvgIpc) is 3.07. The van der Waals surface area contributed by atoms with Gasteiger partial charge in [0.15, 0.2) is 0 Å². The van der Waals surface area contributed by atoms with Gasteiger partial charge in [-0.3, -0.25) is 9.36 Å². The van der Waals surface area contributed by atoms with Crippen molar-refractivity contribution in [3.63, 3.8) is 0 Å². The molecule has 0 aliphatic heterocycles. The molecule has 0 saturated heterocycles. The van der Waals surface area contributed by atoms with Gasteiger partial charge in [0.1, 0.15) is 17.5 Å². The van der Waals surface area contributed by atoms with Crippen LogP contribution in [0.15, 0.2) is 66.7 Å². The Morgan fingerprint density at radius 2 is 1.67 bits per heavy atom. The molecule has 0 aliphatic carbocycles. The van der Waals surface area contributed by atoms with Gasteiger partial charge in [-0.05, 0) is 56.3 Å². The second kappa shape index (κ2) is 7.71. The number of halogens is 2. The summed E-state index contributed by atoms with van der Waals surface area (Å²) in [6.07, 6.45) is 0. The normalized spacial score (nSPS) is 12.2. The SMILES string of the molecule is Cc1nc2cc(C(=O)N(C)[C@H](C)c3c(F)cccc3F)ccc2n1-c1ccccc1. The molecule has 0 N–H and O–H groups in total. The summed E-state index contributed by atoms with van der Waals surface area (Å²) >= 11 is 0. The first-order chi connectivity index (χ1) is 14.4. The summed E-state index contributed by atoms with van der Waals surface area (Å²) in [5, 5.41) is 0. The van der Waals surface area contributed by atoms with Crippen LogP contribution in [0.2, 0.25) is 0 Å². The highest BCUT2D eigenvalue weighted by atomic mass is 19.1. The van der Waals surface area contributed by atoms with E-state index in [1.54, 1.807) is 19.1 Å². The van der Waals surface area contributed by atoms with Crippen molar-refractivity contribution in [2.45, 2.75) is 19.9 Å². The van der Waals surface area contributed by atoms with Gasteiger partial charge in [-0.25, -0.2) is 13.8 Å². The molecule has 1 heterocycles. The lowest BCUT2D eigenvalue weighted by atomic mass is 10.0. The fourth-order valence-electron chi connectivity index (χ4n) is 3.72. The highest BCUT2D eigenvalue weighted by molar-refractivity contribution is 5.97. The molecule has 30 heavy (non-hydrogen) atoms. The second-order valence-corrected chi connectivity index (χ2v) is 7.26. The molecule has 0 saturated carbocycles. The first kappa shape index (κ1) is 19.8. The number of hydrogen-bond acceptors (Lipinski definition) is 2. The van der Waals surface area contributed by atoms with Gasteiger partial charge in [0.2, 0.25) is 0 Å². The van der Waals surface area contributed by atoms with Gasteiger partial charge in [0.25, 0.3) is 5.91 Å². The fraction of sp³-hybridized carbons (Fsp3) is 0.167. The molecule has 4 nitrogen and oxygen atoms in total. The van der Waals surface area contributed by atoms with E-state index in [1.807, 2.05) is 47.9 Å². The molecule has 0 bridgehead atoms. The van der Waals surface area contributed by atoms with Gasteiger partial charge in [0, 0.05) is 23.9 Å². The van der Waals surface area contributed by atoms with Crippen LogP contribution < -0.4 is 0 Å². The van der Waals surface area contributed by atoms with Gasteiger partial charge in [-0.2, -0.15) is 0 Å². The predicted octanol–water partition coefficient (Wildman–Crippen LogP) is 5.45. The molecular weight excluding hydrogens is 384 g/mol. The van der Waals surface area contributed by atoms with E-state index in [0.717, 1.165) is 17.0 Å². The van der Waals surface area contributed by atoms with Crippen molar-refractivity contribution in [2.75, 3.05) is 7.05 Å². The summed E-state index contributed by atoms with van der Waals surface area (Å²) in [6, 6.07) is 18.0. The van der Waals surface area contributed by atoms with E-state index in [9.17, 15) is 13.6 Å². The van der Waals surface area contributed by atoms with Crippen LogP contribution in [-0.4, -0.2) is 27.4 Å². The lowest BCUT2D eigenvalue weighted by Crippen LogP contribution is -2.30. The molecule has 4 aromatic rings. The number of nitrogens with zero attached hydrogens (tertiary/aromatic N) is 3. The molecule has 0 unspecified atom stereocenters. The predicted molar refractivity (Wildman–Crippen MR) is 113 cm³/mol. The molecule has 4 rings (SSSR count). The third-order valence-electron chi connectivity index (χ3n) is 5.40. The number of carbonyl (C=O) groups excluding carboxylic acids is 1. The number of hydrogen-bond donors (Lipinski definition) is 0. The third kappa shape index (κ3) is 3.34. The number of aryl methyl sites for hydroxylation is 1. The average molecular weight is 405 g/mol. The highest BCUT2D eigenvalue weighted by Crippen LogP contribution is 2.27. The van der Waals surface area contributed by atoms with E-state index in [4.69, 9.17) is 0 Å². The molecule has 0 fully saturated rings. The first-order valence-electron chi connectivity index (χ1n) is 9.64. The smallest absolute Gasteiger partial charge is 0.254 e. The standard InChI is InChI=1S/C24H21F2N3O/c1-15(23-19(25)10-7-11-20(23)26)28(3)24(30)17-12-13-22-21(14-17)27-16(2)29(22)18-8-5-4-6-9-18/h4-15H,1-3H3/t15-/m1/s1. The van der Waals surface area contributed by atoms with Gasteiger partial charge < -0.3 is 4.90 Å². The van der Waals surface area contributed by atoms with Crippen molar-refractivity contribution < 1.29 is 13.6 Å². The molecule has 0 aliphatic rings. The Balaban J connectivity index is 1.69. The fourth-order valence-corrected chi connectivity index (χ4v) is 3.72. The minimum atomic E-state index is -0.766. The number of carbonyl (C=O) groups is 1. The summed E-state index contributed by atoms with van der Waals surface area (Å²) in [5.74, 6) is -0.875. The van der Waals surface area contributed by atoms with E-state index in [2.05, 4.69) is 4.98 Å². The highest BCUT2D eigenvalue weighted by Gasteiger charge is 2.24. The van der Waals surface area contributed by atoms with E-state index in [-0.39, 0.29) is 11.5 Å². The van der Waals surface area contributed by atoms with Crippen LogP contribution in [0, 0.1) is 18.6 Å². The largest absolute Gasteiger partial charge is 0.335 e. The van der Waals surface area contributed by atoms with Crippen LogP contribution in [0.25, 0.3) is 16.7 Å². The van der Waals surface area contributed by atoms with Crippen LogP contribution >= 0.6 is 0 Å². The number of imidazole rings is 1. The first-order valence-corrected chi connectivity index (χ1v) is 9.64. The summed E-state index contributed by atoms with van der Waals surface area (Å²) in [4.78, 5) is 19.0. The lowest BCUT2D eigenvalue weighted by molar-refractivity contribution is 0.0738. The van der Waals surface area contributed by atoms with E-state index >= 15 is 0 Å². The Morgan fingerprint density at radius 1 is 1.00 bits per heavy atom. The zero-order valence-electron chi connectivity index (χ0n) is 16.9. The summed E-state index contributed by atoms with van der Waals surface area (Å²) < 4.78 is 30.3. The number of rotatable bonds is 4. The van der Waals surface area contributed by atoms with E-state index in [1.165, 1.54) is 30.1 Å². The Labute approximate surface area is 173 Å². The minimum absolute atomic E-state index is 0.126. The second-order valence-electron chi connectivity index (χ2n) is 7.26. The van der Waals surface area contributed by atoms with Crippen molar-refractivity contribution >= 4 is 16.9 Å². The summed E-state index contributed by atoms with van der Waals surface area (Å²) in [7, 11) is 1.54. The van der Waals surface area contributed by atoms with Crippen LogP contribution in [0.4, 0.5) is 8.78 Å². The zero-order valence-corrected chi connectivity index (χ0v) is 16.9. The van der Waals surface area contributed by atoms with Gasteiger partial charge in [0.05, 0.1) is 17.1 Å². The monoisotopic (exact) mass is 405 g/mol. The van der Waals surface area contributed by atoms with Crippen LogP contribution in [0.1, 0.15) is 34.7 Å². The molecule has 1 amide bonds. The molecule has 1 aromatic heterocycles. The molecule has 6 heteroatoms. The van der Waals surface area contributed by atoms with Crippen molar-refractivity contribution in [1.29, 1.82) is 0 Å². The summed E-state index contributed by atoms with van der Waals surface area (Å²) in [6.45, 7) is 3.51. The molecule has 1 atom stereocenters. The van der Waals surface area contributed by atoms with Crippen molar-refractivity contribution in [1.82, 2.24) is 14.5 Å². The Bertz CT molecular complexity index is 1210. The van der Waals surface area contributed by atoms with Gasteiger partial charge in [-0.1, -0.05) is 24.3 Å². The third-order valence-corrected chi connectivity index (χ3v) is 5.40. The maximum atomic E-state index is 14.2. The van der Waals surface area contributed by atoms with Crippen molar-refractivity contribution in [3.8, 4) is 5.69 Å². The lowest BCUT2D eigenvalue weighted by Gasteiger charge is -2.26. The maximum Gasteiger partial charge on any atom is 0.254 e. The summed E-state index contributed by atoms with van der Waals surface area (Å²) in [5.41, 5.74) is 2.83. The number of aromatic nitrogens is 2. The number of benzene rings is 3.